The maximum absolute atomic E-state index is 12.8. The second-order valence-electron chi connectivity index (χ2n) is 6.94. The van der Waals surface area contributed by atoms with Gasteiger partial charge in [0.05, 0.1) is 12.7 Å². The van der Waals surface area contributed by atoms with E-state index in [0.717, 1.165) is 22.2 Å². The topological polar surface area (TPSA) is 63.3 Å². The Morgan fingerprint density at radius 3 is 2.57 bits per heavy atom. The van der Waals surface area contributed by atoms with Gasteiger partial charge in [-0.25, -0.2) is 4.68 Å². The third-order valence-electron chi connectivity index (χ3n) is 4.79. The molecule has 6 heteroatoms. The fourth-order valence-electron chi connectivity index (χ4n) is 3.20. The third kappa shape index (κ3) is 3.36. The zero-order chi connectivity index (χ0) is 19.7. The predicted molar refractivity (Wildman–Crippen MR) is 111 cm³/mol. The number of nitrogens with zero attached hydrogens (tertiary/aromatic N) is 3. The summed E-state index contributed by atoms with van der Waals surface area (Å²) >= 11 is 0. The lowest BCUT2D eigenvalue weighted by molar-refractivity contribution is 0.0997. The Labute approximate surface area is 163 Å². The molecule has 0 aliphatic rings. The first-order valence-electron chi connectivity index (χ1n) is 9.10. The predicted octanol–water partition coefficient (Wildman–Crippen LogP) is 4.30. The molecule has 1 N–H and O–H groups in total. The molecule has 142 valence electrons. The largest absolute Gasteiger partial charge is 0.451 e. The molecule has 2 aromatic carbocycles. The van der Waals surface area contributed by atoms with Crippen molar-refractivity contribution in [2.45, 2.75) is 13.5 Å². The molecule has 4 rings (SSSR count). The molecule has 28 heavy (non-hydrogen) atoms. The fourth-order valence-corrected chi connectivity index (χ4v) is 3.20. The van der Waals surface area contributed by atoms with Crippen molar-refractivity contribution in [1.82, 2.24) is 9.78 Å². The highest BCUT2D eigenvalue weighted by molar-refractivity contribution is 6.06. The Hall–Kier alpha value is -3.54. The van der Waals surface area contributed by atoms with E-state index < -0.39 is 0 Å². The first kappa shape index (κ1) is 17.9. The highest BCUT2D eigenvalue weighted by Crippen LogP contribution is 2.25. The average Bonchev–Trinajstić information content (AvgIpc) is 3.27. The number of aromatic nitrogens is 2. The summed E-state index contributed by atoms with van der Waals surface area (Å²) in [6.45, 7) is 2.46. The van der Waals surface area contributed by atoms with Crippen molar-refractivity contribution >= 4 is 28.4 Å². The second-order valence-corrected chi connectivity index (χ2v) is 6.94. The van der Waals surface area contributed by atoms with Crippen molar-refractivity contribution in [3.8, 4) is 0 Å². The molecule has 0 aliphatic carbocycles. The number of fused-ring (bicyclic) bond motifs is 1. The summed E-state index contributed by atoms with van der Waals surface area (Å²) in [5.41, 5.74) is 3.78. The highest BCUT2D eigenvalue weighted by atomic mass is 16.3. The third-order valence-corrected chi connectivity index (χ3v) is 4.79. The summed E-state index contributed by atoms with van der Waals surface area (Å²) in [6, 6.07) is 17.7. The Morgan fingerprint density at radius 2 is 1.86 bits per heavy atom. The van der Waals surface area contributed by atoms with Crippen LogP contribution >= 0.6 is 0 Å². The number of para-hydroxylation sites is 1. The minimum atomic E-state index is -0.279. The summed E-state index contributed by atoms with van der Waals surface area (Å²) in [7, 11) is 4.02. The van der Waals surface area contributed by atoms with Gasteiger partial charge in [-0.05, 0) is 30.7 Å². The first-order valence-corrected chi connectivity index (χ1v) is 9.10. The zero-order valence-corrected chi connectivity index (χ0v) is 16.1. The van der Waals surface area contributed by atoms with Crippen LogP contribution in [-0.2, 0) is 6.54 Å². The average molecular weight is 374 g/mol. The number of carbonyl (C=O) groups is 1. The van der Waals surface area contributed by atoms with Crippen LogP contribution in [0.15, 0.2) is 65.2 Å². The monoisotopic (exact) mass is 374 g/mol. The molecule has 0 aliphatic heterocycles. The van der Waals surface area contributed by atoms with Crippen LogP contribution < -0.4 is 10.2 Å². The lowest BCUT2D eigenvalue weighted by Crippen LogP contribution is -2.16. The summed E-state index contributed by atoms with van der Waals surface area (Å²) in [4.78, 5) is 14.8. The van der Waals surface area contributed by atoms with Crippen molar-refractivity contribution in [2.75, 3.05) is 24.3 Å². The summed E-state index contributed by atoms with van der Waals surface area (Å²) in [6.07, 6.45) is 1.68. The van der Waals surface area contributed by atoms with Gasteiger partial charge in [0, 0.05) is 36.8 Å². The number of benzene rings is 2. The van der Waals surface area contributed by atoms with Gasteiger partial charge in [0.25, 0.3) is 5.91 Å². The molecule has 0 saturated carbocycles. The van der Waals surface area contributed by atoms with Crippen molar-refractivity contribution < 1.29 is 9.21 Å². The molecule has 0 atom stereocenters. The molecule has 0 spiro atoms. The number of furan rings is 1. The molecule has 0 saturated heterocycles. The van der Waals surface area contributed by atoms with E-state index in [2.05, 4.69) is 39.6 Å². The standard InChI is InChI=1S/C22H22N4O2/c1-15-18-6-4-5-7-19(18)28-21(15)22(27)24-20-12-13-23-26(20)14-16-8-10-17(11-9-16)25(2)3/h4-13H,14H2,1-3H3,(H,24,27). The van der Waals surface area contributed by atoms with Gasteiger partial charge in [-0.2, -0.15) is 5.10 Å². The van der Waals surface area contributed by atoms with Crippen LogP contribution in [0.25, 0.3) is 11.0 Å². The van der Waals surface area contributed by atoms with E-state index in [-0.39, 0.29) is 5.91 Å². The molecule has 0 unspecified atom stereocenters. The Balaban J connectivity index is 1.53. The van der Waals surface area contributed by atoms with Crippen LogP contribution in [0.5, 0.6) is 0 Å². The molecule has 2 aromatic heterocycles. The number of aryl methyl sites for hydroxylation is 1. The van der Waals surface area contributed by atoms with Crippen molar-refractivity contribution in [2.24, 2.45) is 0 Å². The maximum atomic E-state index is 12.8. The molecule has 0 radical (unpaired) electrons. The highest BCUT2D eigenvalue weighted by Gasteiger charge is 2.18. The van der Waals surface area contributed by atoms with Gasteiger partial charge in [-0.1, -0.05) is 30.3 Å². The minimum absolute atomic E-state index is 0.279. The lowest BCUT2D eigenvalue weighted by atomic mass is 10.1. The number of rotatable bonds is 5. The quantitative estimate of drug-likeness (QED) is 0.566. The van der Waals surface area contributed by atoms with E-state index in [1.165, 1.54) is 0 Å². The number of anilines is 2. The summed E-state index contributed by atoms with van der Waals surface area (Å²) in [5, 5.41) is 8.21. The van der Waals surface area contributed by atoms with Gasteiger partial charge >= 0.3 is 0 Å². The van der Waals surface area contributed by atoms with Gasteiger partial charge in [-0.3, -0.25) is 4.79 Å². The van der Waals surface area contributed by atoms with E-state index in [0.29, 0.717) is 23.7 Å². The molecular weight excluding hydrogens is 352 g/mol. The van der Waals surface area contributed by atoms with Crippen LogP contribution in [-0.4, -0.2) is 29.8 Å². The number of nitrogens with one attached hydrogen (secondary N) is 1. The van der Waals surface area contributed by atoms with Crippen LogP contribution in [0.4, 0.5) is 11.5 Å². The molecule has 2 heterocycles. The number of amides is 1. The van der Waals surface area contributed by atoms with E-state index in [1.54, 1.807) is 16.9 Å². The maximum Gasteiger partial charge on any atom is 0.292 e. The van der Waals surface area contributed by atoms with Crippen molar-refractivity contribution in [1.29, 1.82) is 0 Å². The number of carbonyl (C=O) groups excluding carboxylic acids is 1. The van der Waals surface area contributed by atoms with Crippen LogP contribution in [0, 0.1) is 6.92 Å². The van der Waals surface area contributed by atoms with E-state index in [1.807, 2.05) is 45.3 Å². The Kier molecular flexibility index (Phi) is 4.61. The molecule has 6 nitrogen and oxygen atoms in total. The number of hydrogen-bond donors (Lipinski definition) is 1. The number of hydrogen-bond acceptors (Lipinski definition) is 4. The molecule has 0 fully saturated rings. The van der Waals surface area contributed by atoms with Crippen molar-refractivity contribution in [3.63, 3.8) is 0 Å². The SMILES string of the molecule is Cc1c(C(=O)Nc2ccnn2Cc2ccc(N(C)C)cc2)oc2ccccc12. The zero-order valence-electron chi connectivity index (χ0n) is 16.1. The van der Waals surface area contributed by atoms with Crippen LogP contribution in [0.3, 0.4) is 0 Å². The summed E-state index contributed by atoms with van der Waals surface area (Å²) < 4.78 is 7.52. The molecule has 1 amide bonds. The Bertz CT molecular complexity index is 1120. The Morgan fingerprint density at radius 1 is 1.11 bits per heavy atom. The van der Waals surface area contributed by atoms with Crippen LogP contribution in [0.1, 0.15) is 21.7 Å². The lowest BCUT2D eigenvalue weighted by Gasteiger charge is -2.13. The van der Waals surface area contributed by atoms with E-state index in [4.69, 9.17) is 4.42 Å². The van der Waals surface area contributed by atoms with Gasteiger partial charge in [-0.15, -0.1) is 0 Å². The summed E-state index contributed by atoms with van der Waals surface area (Å²) in [5.74, 6) is 0.671. The van der Waals surface area contributed by atoms with E-state index in [9.17, 15) is 4.79 Å². The smallest absolute Gasteiger partial charge is 0.292 e. The van der Waals surface area contributed by atoms with E-state index >= 15 is 0 Å². The van der Waals surface area contributed by atoms with Gasteiger partial charge in [0.1, 0.15) is 11.4 Å². The van der Waals surface area contributed by atoms with Gasteiger partial charge < -0.3 is 14.6 Å². The molecular formula is C22H22N4O2. The van der Waals surface area contributed by atoms with Crippen LogP contribution in [0.2, 0.25) is 0 Å². The normalized spacial score (nSPS) is 11.0. The van der Waals surface area contributed by atoms with Crippen molar-refractivity contribution in [3.05, 3.63) is 77.7 Å². The van der Waals surface area contributed by atoms with Gasteiger partial charge in [0.2, 0.25) is 0 Å². The van der Waals surface area contributed by atoms with Gasteiger partial charge in [0.15, 0.2) is 5.76 Å². The fraction of sp³-hybridized carbons (Fsp3) is 0.182. The second kappa shape index (κ2) is 7.23. The minimum Gasteiger partial charge on any atom is -0.451 e. The molecule has 4 aromatic rings. The molecule has 0 bridgehead atoms. The first-order chi connectivity index (χ1) is 13.5.